The molecule has 1 aliphatic rings. The lowest BCUT2D eigenvalue weighted by Crippen LogP contribution is -2.27. The molecule has 1 rings (SSSR count). The third-order valence-corrected chi connectivity index (χ3v) is 3.36. The summed E-state index contributed by atoms with van der Waals surface area (Å²) in [4.78, 5) is 23.0. The lowest BCUT2D eigenvalue weighted by atomic mass is 9.82. The number of ketones is 1. The van der Waals surface area contributed by atoms with Gasteiger partial charge in [-0.2, -0.15) is 0 Å². The number of carbonyl (C=O) groups excluding carboxylic acids is 2. The van der Waals surface area contributed by atoms with Gasteiger partial charge in [0.2, 0.25) is 0 Å². The molecule has 0 amide bonds. The molecule has 3 nitrogen and oxygen atoms in total. The van der Waals surface area contributed by atoms with Crippen molar-refractivity contribution in [3.63, 3.8) is 0 Å². The van der Waals surface area contributed by atoms with Crippen molar-refractivity contribution in [3.8, 4) is 0 Å². The Labute approximate surface area is 97.5 Å². The first-order valence-electron chi connectivity index (χ1n) is 6.32. The van der Waals surface area contributed by atoms with Crippen LogP contribution >= 0.6 is 0 Å². The Kier molecular flexibility index (Phi) is 5.50. The van der Waals surface area contributed by atoms with Crippen molar-refractivity contribution >= 4 is 11.8 Å². The molecular weight excluding hydrogens is 204 g/mol. The largest absolute Gasteiger partial charge is 0.465 e. The molecule has 3 heteroatoms. The monoisotopic (exact) mass is 226 g/mol. The van der Waals surface area contributed by atoms with Crippen LogP contribution in [0.2, 0.25) is 0 Å². The molecule has 0 N–H and O–H groups in total. The van der Waals surface area contributed by atoms with Gasteiger partial charge in [0.25, 0.3) is 0 Å². The van der Waals surface area contributed by atoms with E-state index >= 15 is 0 Å². The van der Waals surface area contributed by atoms with Gasteiger partial charge in [-0.25, -0.2) is 0 Å². The fraction of sp³-hybridized carbons (Fsp3) is 0.846. The number of Topliss-reactive ketones (excluding diaryl/α,β-unsaturated/α-hetero) is 1. The van der Waals surface area contributed by atoms with Crippen molar-refractivity contribution in [2.24, 2.45) is 11.8 Å². The summed E-state index contributed by atoms with van der Waals surface area (Å²) in [5.41, 5.74) is 0. The van der Waals surface area contributed by atoms with Crippen LogP contribution in [0.5, 0.6) is 0 Å². The molecule has 0 aliphatic heterocycles. The van der Waals surface area contributed by atoms with E-state index in [4.69, 9.17) is 4.74 Å². The molecule has 1 atom stereocenters. The van der Waals surface area contributed by atoms with Crippen LogP contribution in [0.15, 0.2) is 0 Å². The summed E-state index contributed by atoms with van der Waals surface area (Å²) >= 11 is 0. The minimum Gasteiger partial charge on any atom is -0.465 e. The van der Waals surface area contributed by atoms with Gasteiger partial charge in [-0.1, -0.05) is 32.1 Å². The zero-order chi connectivity index (χ0) is 12.0. The van der Waals surface area contributed by atoms with E-state index in [0.717, 1.165) is 12.8 Å². The van der Waals surface area contributed by atoms with E-state index in [1.54, 1.807) is 6.92 Å². The normalized spacial score (nSPS) is 19.1. The summed E-state index contributed by atoms with van der Waals surface area (Å²) in [5.74, 6) is -0.375. The van der Waals surface area contributed by atoms with Gasteiger partial charge in [0.1, 0.15) is 11.7 Å². The molecule has 0 spiro atoms. The van der Waals surface area contributed by atoms with E-state index in [1.165, 1.54) is 26.2 Å². The van der Waals surface area contributed by atoms with E-state index in [2.05, 4.69) is 0 Å². The predicted octanol–water partition coefficient (Wildman–Crippen LogP) is 2.73. The Bertz CT molecular complexity index is 242. The number of esters is 1. The second-order valence-corrected chi connectivity index (χ2v) is 4.66. The quantitative estimate of drug-likeness (QED) is 0.534. The van der Waals surface area contributed by atoms with Gasteiger partial charge in [-0.05, 0) is 26.2 Å². The minimum atomic E-state index is -0.525. The van der Waals surface area contributed by atoms with Crippen LogP contribution in [-0.4, -0.2) is 18.4 Å². The highest BCUT2D eigenvalue weighted by Crippen LogP contribution is 2.29. The van der Waals surface area contributed by atoms with Gasteiger partial charge in [0.15, 0.2) is 0 Å². The molecule has 1 unspecified atom stereocenters. The molecule has 0 saturated heterocycles. The second kappa shape index (κ2) is 6.66. The fourth-order valence-corrected chi connectivity index (χ4v) is 2.43. The van der Waals surface area contributed by atoms with Crippen LogP contribution in [-0.2, 0) is 14.3 Å². The zero-order valence-corrected chi connectivity index (χ0v) is 10.3. The third-order valence-electron chi connectivity index (χ3n) is 3.36. The Balaban J connectivity index is 2.49. The molecule has 0 aromatic carbocycles. The van der Waals surface area contributed by atoms with Gasteiger partial charge in [0.05, 0.1) is 6.61 Å². The Morgan fingerprint density at radius 1 is 1.25 bits per heavy atom. The average molecular weight is 226 g/mol. The second-order valence-electron chi connectivity index (χ2n) is 4.66. The van der Waals surface area contributed by atoms with Crippen molar-refractivity contribution in [2.45, 2.75) is 52.4 Å². The SMILES string of the molecule is CCOC(=O)C(CC1CCCCC1)C(C)=O. The Morgan fingerprint density at radius 2 is 1.88 bits per heavy atom. The van der Waals surface area contributed by atoms with Crippen molar-refractivity contribution in [2.75, 3.05) is 6.61 Å². The summed E-state index contributed by atoms with van der Waals surface area (Å²) in [6.45, 7) is 3.62. The molecular formula is C13H22O3. The van der Waals surface area contributed by atoms with Crippen LogP contribution in [0, 0.1) is 11.8 Å². The summed E-state index contributed by atoms with van der Waals surface area (Å²) in [6, 6.07) is 0. The van der Waals surface area contributed by atoms with Crippen LogP contribution < -0.4 is 0 Å². The van der Waals surface area contributed by atoms with Gasteiger partial charge < -0.3 is 4.74 Å². The first-order valence-corrected chi connectivity index (χ1v) is 6.32. The molecule has 0 aromatic rings. The maximum absolute atomic E-state index is 11.6. The summed E-state index contributed by atoms with van der Waals surface area (Å²) in [6.07, 6.45) is 6.76. The predicted molar refractivity (Wildman–Crippen MR) is 62.0 cm³/mol. The van der Waals surface area contributed by atoms with Gasteiger partial charge in [-0.15, -0.1) is 0 Å². The molecule has 0 radical (unpaired) electrons. The van der Waals surface area contributed by atoms with E-state index < -0.39 is 5.92 Å². The van der Waals surface area contributed by atoms with E-state index in [9.17, 15) is 9.59 Å². The summed E-state index contributed by atoms with van der Waals surface area (Å²) in [5, 5.41) is 0. The maximum atomic E-state index is 11.6. The first kappa shape index (κ1) is 13.2. The lowest BCUT2D eigenvalue weighted by Gasteiger charge is -2.24. The summed E-state index contributed by atoms with van der Waals surface area (Å²) in [7, 11) is 0. The van der Waals surface area contributed by atoms with Crippen LogP contribution in [0.3, 0.4) is 0 Å². The molecule has 16 heavy (non-hydrogen) atoms. The van der Waals surface area contributed by atoms with E-state index in [1.807, 2.05) is 0 Å². The van der Waals surface area contributed by atoms with Gasteiger partial charge in [0, 0.05) is 0 Å². The first-order chi connectivity index (χ1) is 7.65. The highest BCUT2D eigenvalue weighted by molar-refractivity contribution is 5.97. The fourth-order valence-electron chi connectivity index (χ4n) is 2.43. The zero-order valence-electron chi connectivity index (χ0n) is 10.3. The van der Waals surface area contributed by atoms with Crippen molar-refractivity contribution in [1.82, 2.24) is 0 Å². The lowest BCUT2D eigenvalue weighted by molar-refractivity contribution is -0.152. The maximum Gasteiger partial charge on any atom is 0.316 e. The van der Waals surface area contributed by atoms with E-state index in [0.29, 0.717) is 18.9 Å². The van der Waals surface area contributed by atoms with Gasteiger partial charge >= 0.3 is 5.97 Å². The van der Waals surface area contributed by atoms with Crippen molar-refractivity contribution < 1.29 is 14.3 Å². The molecule has 1 aliphatic carbocycles. The smallest absolute Gasteiger partial charge is 0.316 e. The van der Waals surface area contributed by atoms with Crippen LogP contribution in [0.4, 0.5) is 0 Å². The number of hydrogen-bond acceptors (Lipinski definition) is 3. The van der Waals surface area contributed by atoms with Crippen molar-refractivity contribution in [3.05, 3.63) is 0 Å². The molecule has 0 aromatic heterocycles. The average Bonchev–Trinajstić information content (AvgIpc) is 2.27. The standard InChI is InChI=1S/C13H22O3/c1-3-16-13(15)12(10(2)14)9-11-7-5-4-6-8-11/h11-12H,3-9H2,1-2H3. The number of ether oxygens (including phenoxy) is 1. The van der Waals surface area contributed by atoms with E-state index in [-0.39, 0.29) is 11.8 Å². The topological polar surface area (TPSA) is 43.4 Å². The van der Waals surface area contributed by atoms with Crippen molar-refractivity contribution in [1.29, 1.82) is 0 Å². The van der Waals surface area contributed by atoms with Gasteiger partial charge in [-0.3, -0.25) is 9.59 Å². The molecule has 1 saturated carbocycles. The summed E-state index contributed by atoms with van der Waals surface area (Å²) < 4.78 is 4.95. The minimum absolute atomic E-state index is 0.0518. The van der Waals surface area contributed by atoms with Crippen LogP contribution in [0.1, 0.15) is 52.4 Å². The highest BCUT2D eigenvalue weighted by atomic mass is 16.5. The molecule has 1 fully saturated rings. The Morgan fingerprint density at radius 3 is 2.38 bits per heavy atom. The molecule has 0 bridgehead atoms. The number of rotatable bonds is 5. The molecule has 0 heterocycles. The molecule has 92 valence electrons. The van der Waals surface area contributed by atoms with Crippen LogP contribution in [0.25, 0.3) is 0 Å². The Hall–Kier alpha value is -0.860. The highest BCUT2D eigenvalue weighted by Gasteiger charge is 2.28. The number of carbonyl (C=O) groups is 2. The third kappa shape index (κ3) is 3.95. The number of hydrogen-bond donors (Lipinski definition) is 0.